The van der Waals surface area contributed by atoms with E-state index < -0.39 is 0 Å². The molecule has 16 heavy (non-hydrogen) atoms. The van der Waals surface area contributed by atoms with E-state index in [9.17, 15) is 4.79 Å². The van der Waals surface area contributed by atoms with Crippen LogP contribution in [0, 0.1) is 0 Å². The zero-order valence-corrected chi connectivity index (χ0v) is 10.2. The molecule has 4 nitrogen and oxygen atoms in total. The van der Waals surface area contributed by atoms with Crippen LogP contribution in [0.3, 0.4) is 0 Å². The van der Waals surface area contributed by atoms with Gasteiger partial charge in [-0.05, 0) is 43.9 Å². The number of carbonyl (C=O) groups excluding carboxylic acids is 1. The summed E-state index contributed by atoms with van der Waals surface area (Å²) in [6, 6.07) is 1.88. The van der Waals surface area contributed by atoms with Gasteiger partial charge in [-0.25, -0.2) is 4.79 Å². The summed E-state index contributed by atoms with van der Waals surface area (Å²) >= 11 is 1.24. The van der Waals surface area contributed by atoms with Crippen molar-refractivity contribution in [3.63, 3.8) is 0 Å². The minimum absolute atomic E-state index is 0.255. The Morgan fingerprint density at radius 1 is 1.75 bits per heavy atom. The molecule has 2 heterocycles. The number of aromatic nitrogens is 1. The van der Waals surface area contributed by atoms with Gasteiger partial charge in [0.15, 0.2) is 0 Å². The van der Waals surface area contributed by atoms with E-state index in [1.165, 1.54) is 18.0 Å². The molecule has 0 spiro atoms. The molecule has 1 aliphatic rings. The van der Waals surface area contributed by atoms with E-state index >= 15 is 0 Å². The molecule has 0 aromatic carbocycles. The lowest BCUT2D eigenvalue weighted by molar-refractivity contribution is 0.0532. The zero-order chi connectivity index (χ0) is 11.4. The fourth-order valence-electron chi connectivity index (χ4n) is 1.88. The van der Waals surface area contributed by atoms with Crippen molar-refractivity contribution in [3.05, 3.63) is 16.6 Å². The van der Waals surface area contributed by atoms with Gasteiger partial charge >= 0.3 is 5.97 Å². The van der Waals surface area contributed by atoms with Gasteiger partial charge in [0, 0.05) is 12.5 Å². The second kappa shape index (κ2) is 5.41. The Labute approximate surface area is 99.2 Å². The fraction of sp³-hybridized carbons (Fsp3) is 0.636. The number of rotatable bonds is 3. The van der Waals surface area contributed by atoms with E-state index in [1.807, 2.05) is 13.0 Å². The number of ether oxygens (including phenoxy) is 1. The predicted octanol–water partition coefficient (Wildman–Crippen LogP) is 1.79. The van der Waals surface area contributed by atoms with Crippen LogP contribution in [0.2, 0.25) is 0 Å². The van der Waals surface area contributed by atoms with Gasteiger partial charge in [0.05, 0.1) is 12.3 Å². The second-order valence-corrected chi connectivity index (χ2v) is 4.68. The molecule has 5 heteroatoms. The van der Waals surface area contributed by atoms with Crippen molar-refractivity contribution < 1.29 is 9.53 Å². The van der Waals surface area contributed by atoms with E-state index in [2.05, 4.69) is 9.69 Å². The summed E-state index contributed by atoms with van der Waals surface area (Å²) in [5.41, 5.74) is 1.03. The molecule has 2 rings (SSSR count). The molecule has 0 radical (unpaired) electrons. The van der Waals surface area contributed by atoms with E-state index in [1.54, 1.807) is 0 Å². The molecule has 1 atom stereocenters. The van der Waals surface area contributed by atoms with Crippen molar-refractivity contribution in [1.29, 1.82) is 0 Å². The van der Waals surface area contributed by atoms with E-state index in [4.69, 9.17) is 4.74 Å². The number of hydrogen-bond acceptors (Lipinski definition) is 5. The fourth-order valence-corrected chi connectivity index (χ4v) is 2.60. The summed E-state index contributed by atoms with van der Waals surface area (Å²) < 4.78 is 9.29. The molecule has 1 saturated heterocycles. The molecular formula is C11H16N2O2S. The molecule has 0 bridgehead atoms. The van der Waals surface area contributed by atoms with Crippen molar-refractivity contribution in [2.24, 2.45) is 0 Å². The third kappa shape index (κ3) is 2.59. The lowest BCUT2D eigenvalue weighted by Gasteiger charge is -2.20. The summed E-state index contributed by atoms with van der Waals surface area (Å²) in [6.45, 7) is 4.28. The van der Waals surface area contributed by atoms with Gasteiger partial charge in [-0.2, -0.15) is 4.37 Å². The van der Waals surface area contributed by atoms with Crippen LogP contribution in [-0.4, -0.2) is 30.0 Å². The van der Waals surface area contributed by atoms with Crippen molar-refractivity contribution in [2.75, 3.05) is 19.7 Å². The summed E-state index contributed by atoms with van der Waals surface area (Å²) in [5.74, 6) is 0.197. The third-order valence-corrected chi connectivity index (χ3v) is 3.50. The Morgan fingerprint density at radius 3 is 3.31 bits per heavy atom. The molecule has 1 aromatic rings. The summed E-state index contributed by atoms with van der Waals surface area (Å²) in [5, 5.41) is 3.35. The number of esters is 1. The highest BCUT2D eigenvalue weighted by molar-refractivity contribution is 7.08. The number of hydrogen-bond donors (Lipinski definition) is 1. The zero-order valence-electron chi connectivity index (χ0n) is 9.36. The van der Waals surface area contributed by atoms with Crippen molar-refractivity contribution in [3.8, 4) is 0 Å². The smallest absolute Gasteiger partial charge is 0.349 e. The van der Waals surface area contributed by atoms with Crippen LogP contribution in [0.4, 0.5) is 0 Å². The first kappa shape index (κ1) is 11.5. The Hall–Kier alpha value is -0.940. The monoisotopic (exact) mass is 240 g/mol. The topological polar surface area (TPSA) is 51.2 Å². The summed E-state index contributed by atoms with van der Waals surface area (Å²) in [7, 11) is 0. The first-order chi connectivity index (χ1) is 7.81. The van der Waals surface area contributed by atoms with Gasteiger partial charge in [0.25, 0.3) is 0 Å². The lowest BCUT2D eigenvalue weighted by Crippen LogP contribution is -2.28. The van der Waals surface area contributed by atoms with Crippen molar-refractivity contribution in [2.45, 2.75) is 25.7 Å². The number of nitrogens with zero attached hydrogens (tertiary/aromatic N) is 1. The van der Waals surface area contributed by atoms with Crippen molar-refractivity contribution in [1.82, 2.24) is 9.69 Å². The highest BCUT2D eigenvalue weighted by atomic mass is 32.1. The molecule has 1 N–H and O–H groups in total. The molecule has 1 aliphatic heterocycles. The molecule has 1 fully saturated rings. The lowest BCUT2D eigenvalue weighted by atomic mass is 9.96. The number of carbonyl (C=O) groups is 1. The predicted molar refractivity (Wildman–Crippen MR) is 62.9 cm³/mol. The standard InChI is InChI=1S/C11H16N2O2S/c1-2-15-11(14)10-6-9(13-16-10)8-4-3-5-12-7-8/h6,8,12H,2-5,7H2,1H3. The van der Waals surface area contributed by atoms with Crippen LogP contribution >= 0.6 is 11.5 Å². The van der Waals surface area contributed by atoms with E-state index in [-0.39, 0.29) is 5.97 Å². The molecular weight excluding hydrogens is 224 g/mol. The van der Waals surface area contributed by atoms with Crippen LogP contribution in [0.1, 0.15) is 41.0 Å². The molecule has 0 saturated carbocycles. The Bertz CT molecular complexity index is 359. The second-order valence-electron chi connectivity index (χ2n) is 3.88. The Balaban J connectivity index is 2.03. The van der Waals surface area contributed by atoms with E-state index in [0.29, 0.717) is 17.4 Å². The quantitative estimate of drug-likeness (QED) is 0.818. The Kier molecular flexibility index (Phi) is 3.90. The molecule has 1 aromatic heterocycles. The Morgan fingerprint density at radius 2 is 2.62 bits per heavy atom. The molecule has 0 amide bonds. The van der Waals surface area contributed by atoms with Crippen molar-refractivity contribution >= 4 is 17.5 Å². The van der Waals surface area contributed by atoms with E-state index in [0.717, 1.165) is 25.2 Å². The van der Waals surface area contributed by atoms with Gasteiger partial charge in [0.2, 0.25) is 0 Å². The maximum atomic E-state index is 11.5. The van der Waals surface area contributed by atoms with Gasteiger partial charge in [-0.15, -0.1) is 0 Å². The average molecular weight is 240 g/mol. The van der Waals surface area contributed by atoms with Gasteiger partial charge in [-0.3, -0.25) is 0 Å². The van der Waals surface area contributed by atoms with Gasteiger partial charge in [0.1, 0.15) is 4.88 Å². The van der Waals surface area contributed by atoms with Crippen LogP contribution in [0.5, 0.6) is 0 Å². The highest BCUT2D eigenvalue weighted by Crippen LogP contribution is 2.24. The maximum Gasteiger partial charge on any atom is 0.349 e. The minimum atomic E-state index is -0.255. The van der Waals surface area contributed by atoms with Crippen LogP contribution in [-0.2, 0) is 4.74 Å². The average Bonchev–Trinajstić information content (AvgIpc) is 2.80. The maximum absolute atomic E-state index is 11.5. The largest absolute Gasteiger partial charge is 0.462 e. The highest BCUT2D eigenvalue weighted by Gasteiger charge is 2.20. The van der Waals surface area contributed by atoms with Gasteiger partial charge < -0.3 is 10.1 Å². The summed E-state index contributed by atoms with van der Waals surface area (Å²) in [4.78, 5) is 12.1. The third-order valence-electron chi connectivity index (χ3n) is 2.72. The molecule has 0 aliphatic carbocycles. The summed E-state index contributed by atoms with van der Waals surface area (Å²) in [6.07, 6.45) is 2.33. The van der Waals surface area contributed by atoms with Gasteiger partial charge in [-0.1, -0.05) is 0 Å². The SMILES string of the molecule is CCOC(=O)c1cc(C2CCCNC2)ns1. The first-order valence-electron chi connectivity index (χ1n) is 5.65. The number of piperidine rings is 1. The minimum Gasteiger partial charge on any atom is -0.462 e. The first-order valence-corrected chi connectivity index (χ1v) is 6.43. The number of nitrogens with one attached hydrogen (secondary N) is 1. The molecule has 1 unspecified atom stereocenters. The van der Waals surface area contributed by atoms with Crippen LogP contribution in [0.25, 0.3) is 0 Å². The normalized spacial score (nSPS) is 20.7. The van der Waals surface area contributed by atoms with Crippen LogP contribution < -0.4 is 5.32 Å². The molecule has 88 valence electrons. The van der Waals surface area contributed by atoms with Crippen LogP contribution in [0.15, 0.2) is 6.07 Å².